The fourth-order valence-corrected chi connectivity index (χ4v) is 4.73. The van der Waals surface area contributed by atoms with Crippen molar-refractivity contribution in [2.45, 2.75) is 5.37 Å². The number of rotatable bonds is 6. The molecule has 142 valence electrons. The molecule has 3 aromatic rings. The Morgan fingerprint density at radius 1 is 1.11 bits per heavy atom. The second kappa shape index (κ2) is 8.80. The quantitative estimate of drug-likeness (QED) is 0.515. The van der Waals surface area contributed by atoms with Crippen LogP contribution in [0.4, 0.5) is 0 Å². The van der Waals surface area contributed by atoms with Crippen LogP contribution in [0.15, 0.2) is 77.5 Å². The highest BCUT2D eigenvalue weighted by Crippen LogP contribution is 2.42. The fraction of sp³-hybridized carbons (Fsp3) is 0.182. The smallest absolute Gasteiger partial charge is 0.233 e. The van der Waals surface area contributed by atoms with Crippen molar-refractivity contribution in [3.63, 3.8) is 0 Å². The van der Waals surface area contributed by atoms with Crippen LogP contribution in [0.5, 0.6) is 5.75 Å². The molecule has 6 heteroatoms. The first kappa shape index (κ1) is 19.0. The summed E-state index contributed by atoms with van der Waals surface area (Å²) in [5, 5.41) is -0.0563. The Balaban J connectivity index is 1.54. The first-order valence-corrected chi connectivity index (χ1v) is 10.9. The normalized spacial score (nSPS) is 16.4. The van der Waals surface area contributed by atoms with Gasteiger partial charge in [0.05, 0.1) is 12.3 Å². The number of ether oxygens (including phenoxy) is 1. The van der Waals surface area contributed by atoms with Crippen LogP contribution in [0.3, 0.4) is 0 Å². The molecular weight excluding hydrogens is 436 g/mol. The minimum atomic E-state index is -0.0563. The lowest BCUT2D eigenvalue weighted by Crippen LogP contribution is -2.32. The third kappa shape index (κ3) is 4.23. The van der Waals surface area contributed by atoms with Crippen LogP contribution in [-0.4, -0.2) is 34.7 Å². The van der Waals surface area contributed by atoms with Gasteiger partial charge in [-0.15, -0.1) is 11.8 Å². The molecule has 1 aromatic heterocycles. The van der Waals surface area contributed by atoms with Gasteiger partial charge in [-0.3, -0.25) is 9.78 Å². The molecule has 1 fully saturated rings. The van der Waals surface area contributed by atoms with Crippen molar-refractivity contribution in [2.24, 2.45) is 0 Å². The van der Waals surface area contributed by atoms with Gasteiger partial charge in [0.2, 0.25) is 5.91 Å². The first-order valence-electron chi connectivity index (χ1n) is 9.01. The average molecular weight is 455 g/mol. The highest BCUT2D eigenvalue weighted by molar-refractivity contribution is 9.10. The van der Waals surface area contributed by atoms with E-state index in [1.807, 2.05) is 59.6 Å². The van der Waals surface area contributed by atoms with Crippen molar-refractivity contribution in [1.82, 2.24) is 9.88 Å². The van der Waals surface area contributed by atoms with E-state index in [-0.39, 0.29) is 11.3 Å². The standard InChI is InChI=1S/C22H19BrN2O2S/c23-17-8-6-16(7-9-17)19-10-11-24-14-20(19)22-25(21(26)15-28-22)12-13-27-18-4-2-1-3-5-18/h1-11,14,22H,12-13,15H2. The van der Waals surface area contributed by atoms with E-state index in [1.54, 1.807) is 18.0 Å². The van der Waals surface area contributed by atoms with Gasteiger partial charge in [0.1, 0.15) is 17.7 Å². The maximum Gasteiger partial charge on any atom is 0.233 e. The lowest BCUT2D eigenvalue weighted by molar-refractivity contribution is -0.128. The summed E-state index contributed by atoms with van der Waals surface area (Å²) in [4.78, 5) is 18.7. The molecule has 0 bridgehead atoms. The molecule has 4 rings (SSSR count). The van der Waals surface area contributed by atoms with E-state index in [4.69, 9.17) is 4.74 Å². The van der Waals surface area contributed by atoms with E-state index in [0.29, 0.717) is 18.9 Å². The summed E-state index contributed by atoms with van der Waals surface area (Å²) < 4.78 is 6.84. The zero-order chi connectivity index (χ0) is 19.3. The predicted octanol–water partition coefficient (Wildman–Crippen LogP) is 5.16. The number of hydrogen-bond acceptors (Lipinski definition) is 4. The molecule has 4 nitrogen and oxygen atoms in total. The zero-order valence-corrected chi connectivity index (χ0v) is 17.5. The number of para-hydroxylation sites is 1. The van der Waals surface area contributed by atoms with Gasteiger partial charge in [0.25, 0.3) is 0 Å². The zero-order valence-electron chi connectivity index (χ0n) is 15.1. The van der Waals surface area contributed by atoms with Crippen molar-refractivity contribution < 1.29 is 9.53 Å². The van der Waals surface area contributed by atoms with E-state index in [0.717, 1.165) is 26.9 Å². The number of thioether (sulfide) groups is 1. The average Bonchev–Trinajstić information content (AvgIpc) is 3.10. The largest absolute Gasteiger partial charge is 0.492 e. The molecule has 1 amide bonds. The molecule has 1 saturated heterocycles. The van der Waals surface area contributed by atoms with Gasteiger partial charge in [-0.25, -0.2) is 0 Å². The summed E-state index contributed by atoms with van der Waals surface area (Å²) in [7, 11) is 0. The lowest BCUT2D eigenvalue weighted by Gasteiger charge is -2.25. The number of carbonyl (C=O) groups excluding carboxylic acids is 1. The van der Waals surface area contributed by atoms with Crippen LogP contribution in [-0.2, 0) is 4.79 Å². The van der Waals surface area contributed by atoms with Crippen molar-refractivity contribution in [3.8, 4) is 16.9 Å². The maximum absolute atomic E-state index is 12.5. The van der Waals surface area contributed by atoms with Gasteiger partial charge in [0, 0.05) is 22.4 Å². The predicted molar refractivity (Wildman–Crippen MR) is 116 cm³/mol. The number of amides is 1. The third-order valence-corrected chi connectivity index (χ3v) is 6.35. The van der Waals surface area contributed by atoms with Crippen LogP contribution < -0.4 is 4.74 Å². The Hall–Kier alpha value is -2.31. The highest BCUT2D eigenvalue weighted by Gasteiger charge is 2.34. The lowest BCUT2D eigenvalue weighted by atomic mass is 10.0. The summed E-state index contributed by atoms with van der Waals surface area (Å²) >= 11 is 5.13. The Morgan fingerprint density at radius 2 is 1.89 bits per heavy atom. The summed E-state index contributed by atoms with van der Waals surface area (Å²) in [6.07, 6.45) is 3.67. The van der Waals surface area contributed by atoms with Gasteiger partial charge >= 0.3 is 0 Å². The van der Waals surface area contributed by atoms with Gasteiger partial charge in [-0.05, 0) is 41.5 Å². The van der Waals surface area contributed by atoms with Crippen molar-refractivity contribution in [1.29, 1.82) is 0 Å². The second-order valence-corrected chi connectivity index (χ2v) is 8.37. The SMILES string of the molecule is O=C1CSC(c2cnccc2-c2ccc(Br)cc2)N1CCOc1ccccc1. The Morgan fingerprint density at radius 3 is 2.68 bits per heavy atom. The number of carbonyl (C=O) groups is 1. The van der Waals surface area contributed by atoms with Crippen LogP contribution in [0, 0.1) is 0 Å². The van der Waals surface area contributed by atoms with Gasteiger partial charge in [-0.2, -0.15) is 0 Å². The van der Waals surface area contributed by atoms with E-state index in [9.17, 15) is 4.79 Å². The monoisotopic (exact) mass is 454 g/mol. The third-order valence-electron chi connectivity index (χ3n) is 4.59. The highest BCUT2D eigenvalue weighted by atomic mass is 79.9. The van der Waals surface area contributed by atoms with Crippen LogP contribution in [0.2, 0.25) is 0 Å². The van der Waals surface area contributed by atoms with E-state index in [2.05, 4.69) is 33.0 Å². The van der Waals surface area contributed by atoms with Gasteiger partial charge in [-0.1, -0.05) is 46.3 Å². The number of nitrogens with zero attached hydrogens (tertiary/aromatic N) is 2. The number of pyridine rings is 1. The molecule has 1 aliphatic rings. The van der Waals surface area contributed by atoms with E-state index < -0.39 is 0 Å². The number of aromatic nitrogens is 1. The molecule has 1 unspecified atom stereocenters. The summed E-state index contributed by atoms with van der Waals surface area (Å²) in [6, 6.07) is 19.9. The second-order valence-electron chi connectivity index (χ2n) is 6.38. The summed E-state index contributed by atoms with van der Waals surface area (Å²) in [6.45, 7) is 1.00. The molecule has 0 aliphatic carbocycles. The number of halogens is 1. The molecule has 1 atom stereocenters. The number of hydrogen-bond donors (Lipinski definition) is 0. The molecule has 2 heterocycles. The maximum atomic E-state index is 12.5. The molecule has 1 aliphatic heterocycles. The molecule has 0 radical (unpaired) electrons. The van der Waals surface area contributed by atoms with Gasteiger partial charge in [0.15, 0.2) is 0 Å². The minimum Gasteiger partial charge on any atom is -0.492 e. The van der Waals surface area contributed by atoms with Crippen LogP contribution >= 0.6 is 27.7 Å². The number of benzene rings is 2. The van der Waals surface area contributed by atoms with Crippen molar-refractivity contribution in [3.05, 3.63) is 83.1 Å². The van der Waals surface area contributed by atoms with Crippen molar-refractivity contribution in [2.75, 3.05) is 18.9 Å². The molecule has 0 saturated carbocycles. The minimum absolute atomic E-state index is 0.0563. The summed E-state index contributed by atoms with van der Waals surface area (Å²) in [5.41, 5.74) is 3.27. The Bertz CT molecular complexity index is 950. The fourth-order valence-electron chi connectivity index (χ4n) is 3.23. The molecule has 2 aromatic carbocycles. The molecule has 0 N–H and O–H groups in total. The van der Waals surface area contributed by atoms with Gasteiger partial charge < -0.3 is 9.64 Å². The topological polar surface area (TPSA) is 42.4 Å². The van der Waals surface area contributed by atoms with Crippen molar-refractivity contribution >= 4 is 33.6 Å². The first-order chi connectivity index (χ1) is 13.7. The summed E-state index contributed by atoms with van der Waals surface area (Å²) in [5.74, 6) is 1.43. The Kier molecular flexibility index (Phi) is 5.98. The van der Waals surface area contributed by atoms with E-state index >= 15 is 0 Å². The molecular formula is C22H19BrN2O2S. The Labute approximate surface area is 177 Å². The van der Waals surface area contributed by atoms with Crippen LogP contribution in [0.25, 0.3) is 11.1 Å². The molecule has 28 heavy (non-hydrogen) atoms. The van der Waals surface area contributed by atoms with Crippen LogP contribution in [0.1, 0.15) is 10.9 Å². The molecule has 0 spiro atoms. The van der Waals surface area contributed by atoms with E-state index in [1.165, 1.54) is 0 Å².